The molecule has 3 nitrogen and oxygen atoms in total. The summed E-state index contributed by atoms with van der Waals surface area (Å²) in [7, 11) is 1.60. The highest BCUT2D eigenvalue weighted by Crippen LogP contribution is 2.27. The molecule has 0 unspecified atom stereocenters. The lowest BCUT2D eigenvalue weighted by molar-refractivity contribution is 0.0952. The number of benzene rings is 3. The van der Waals surface area contributed by atoms with Crippen molar-refractivity contribution < 1.29 is 9.53 Å². The van der Waals surface area contributed by atoms with Gasteiger partial charge in [-0.25, -0.2) is 0 Å². The molecule has 0 radical (unpaired) electrons. The normalized spacial score (nSPS) is 10.5. The van der Waals surface area contributed by atoms with Crippen molar-refractivity contribution in [3.63, 3.8) is 0 Å². The van der Waals surface area contributed by atoms with Crippen LogP contribution in [0.25, 0.3) is 0 Å². The van der Waals surface area contributed by atoms with E-state index in [4.69, 9.17) is 4.74 Å². The highest BCUT2D eigenvalue weighted by molar-refractivity contribution is 5.94. The van der Waals surface area contributed by atoms with Crippen LogP contribution in [-0.4, -0.2) is 19.6 Å². The number of nitrogens with one attached hydrogen (secondary N) is 1. The van der Waals surface area contributed by atoms with Crippen LogP contribution < -0.4 is 10.1 Å². The van der Waals surface area contributed by atoms with Crippen molar-refractivity contribution in [1.82, 2.24) is 5.32 Å². The quantitative estimate of drug-likeness (QED) is 0.677. The van der Waals surface area contributed by atoms with E-state index in [1.165, 1.54) is 11.1 Å². The Morgan fingerprint density at radius 1 is 0.885 bits per heavy atom. The van der Waals surface area contributed by atoms with Gasteiger partial charge in [0.25, 0.3) is 5.91 Å². The second kappa shape index (κ2) is 8.86. The monoisotopic (exact) mass is 345 g/mol. The van der Waals surface area contributed by atoms with Gasteiger partial charge in [-0.05, 0) is 35.7 Å². The molecule has 0 saturated heterocycles. The minimum atomic E-state index is -0.0798. The maximum absolute atomic E-state index is 12.4. The molecule has 0 aliphatic carbocycles. The zero-order valence-corrected chi connectivity index (χ0v) is 14.9. The first kappa shape index (κ1) is 17.7. The van der Waals surface area contributed by atoms with Crippen molar-refractivity contribution in [2.45, 2.75) is 12.3 Å². The van der Waals surface area contributed by atoms with E-state index in [2.05, 4.69) is 53.8 Å². The zero-order valence-electron chi connectivity index (χ0n) is 14.9. The molecule has 3 heteroatoms. The molecule has 0 heterocycles. The fourth-order valence-electron chi connectivity index (χ4n) is 3.09. The Balaban J connectivity index is 1.67. The van der Waals surface area contributed by atoms with Crippen LogP contribution >= 0.6 is 0 Å². The fraction of sp³-hybridized carbons (Fsp3) is 0.174. The third-order valence-electron chi connectivity index (χ3n) is 4.45. The van der Waals surface area contributed by atoms with Crippen molar-refractivity contribution in [2.75, 3.05) is 13.7 Å². The third kappa shape index (κ3) is 4.51. The van der Waals surface area contributed by atoms with Crippen LogP contribution in [0.5, 0.6) is 5.75 Å². The van der Waals surface area contributed by atoms with Gasteiger partial charge in [-0.1, -0.05) is 66.7 Å². The van der Waals surface area contributed by atoms with Gasteiger partial charge in [0.2, 0.25) is 0 Å². The lowest BCUT2D eigenvalue weighted by Crippen LogP contribution is -2.25. The SMILES string of the molecule is COc1cccc(C(=O)NCCC(c2ccccc2)c2ccccc2)c1. The first-order valence-corrected chi connectivity index (χ1v) is 8.80. The summed E-state index contributed by atoms with van der Waals surface area (Å²) >= 11 is 0. The second-order valence-electron chi connectivity index (χ2n) is 6.15. The van der Waals surface area contributed by atoms with Gasteiger partial charge in [-0.2, -0.15) is 0 Å². The lowest BCUT2D eigenvalue weighted by Gasteiger charge is -2.18. The first-order valence-electron chi connectivity index (χ1n) is 8.80. The van der Waals surface area contributed by atoms with E-state index in [-0.39, 0.29) is 11.8 Å². The Morgan fingerprint density at radius 2 is 1.50 bits per heavy atom. The maximum Gasteiger partial charge on any atom is 0.251 e. The number of carbonyl (C=O) groups excluding carboxylic acids is 1. The minimum Gasteiger partial charge on any atom is -0.497 e. The molecule has 0 spiro atoms. The summed E-state index contributed by atoms with van der Waals surface area (Å²) in [6.07, 6.45) is 0.837. The topological polar surface area (TPSA) is 38.3 Å². The number of carbonyl (C=O) groups is 1. The summed E-state index contributed by atoms with van der Waals surface area (Å²) in [5, 5.41) is 3.03. The van der Waals surface area contributed by atoms with E-state index in [0.29, 0.717) is 17.9 Å². The Morgan fingerprint density at radius 3 is 2.08 bits per heavy atom. The maximum atomic E-state index is 12.4. The van der Waals surface area contributed by atoms with Gasteiger partial charge in [-0.15, -0.1) is 0 Å². The summed E-state index contributed by atoms with van der Waals surface area (Å²) in [5.41, 5.74) is 3.13. The highest BCUT2D eigenvalue weighted by Gasteiger charge is 2.14. The average molecular weight is 345 g/mol. The Kier molecular flexibility index (Phi) is 6.05. The van der Waals surface area contributed by atoms with Gasteiger partial charge < -0.3 is 10.1 Å². The molecule has 0 aliphatic rings. The van der Waals surface area contributed by atoms with Crippen LogP contribution in [0.2, 0.25) is 0 Å². The molecule has 0 atom stereocenters. The van der Waals surface area contributed by atoms with Crippen molar-refractivity contribution >= 4 is 5.91 Å². The summed E-state index contributed by atoms with van der Waals surface area (Å²) in [6.45, 7) is 0.602. The number of methoxy groups -OCH3 is 1. The smallest absolute Gasteiger partial charge is 0.251 e. The van der Waals surface area contributed by atoms with Crippen LogP contribution in [0.3, 0.4) is 0 Å². The molecule has 1 amide bonds. The van der Waals surface area contributed by atoms with Crippen LogP contribution in [0.15, 0.2) is 84.9 Å². The van der Waals surface area contributed by atoms with E-state index in [1.807, 2.05) is 24.3 Å². The van der Waals surface area contributed by atoms with Crippen molar-refractivity contribution in [1.29, 1.82) is 0 Å². The highest BCUT2D eigenvalue weighted by atomic mass is 16.5. The molecule has 1 N–H and O–H groups in total. The van der Waals surface area contributed by atoms with Crippen LogP contribution in [-0.2, 0) is 0 Å². The van der Waals surface area contributed by atoms with Crippen LogP contribution in [0.4, 0.5) is 0 Å². The Labute approximate surface area is 154 Å². The van der Waals surface area contributed by atoms with E-state index >= 15 is 0 Å². The fourth-order valence-corrected chi connectivity index (χ4v) is 3.09. The summed E-state index contributed by atoms with van der Waals surface area (Å²) < 4.78 is 5.18. The minimum absolute atomic E-state index is 0.0798. The predicted octanol–water partition coefficient (Wildman–Crippen LogP) is 4.65. The van der Waals surface area contributed by atoms with Crippen molar-refractivity contribution in [3.05, 3.63) is 102 Å². The molecular weight excluding hydrogens is 322 g/mol. The molecule has 3 aromatic carbocycles. The van der Waals surface area contributed by atoms with E-state index in [9.17, 15) is 4.79 Å². The van der Waals surface area contributed by atoms with Gasteiger partial charge in [-0.3, -0.25) is 4.79 Å². The number of hydrogen-bond acceptors (Lipinski definition) is 2. The molecule has 0 aromatic heterocycles. The van der Waals surface area contributed by atoms with E-state index < -0.39 is 0 Å². The summed E-state index contributed by atoms with van der Waals surface area (Å²) in [4.78, 5) is 12.4. The zero-order chi connectivity index (χ0) is 18.2. The average Bonchev–Trinajstić information content (AvgIpc) is 2.72. The van der Waals surface area contributed by atoms with Gasteiger partial charge in [0, 0.05) is 18.0 Å². The number of ether oxygens (including phenoxy) is 1. The molecule has 0 bridgehead atoms. The van der Waals surface area contributed by atoms with E-state index in [1.54, 1.807) is 19.2 Å². The van der Waals surface area contributed by atoms with Gasteiger partial charge in [0.05, 0.1) is 7.11 Å². The van der Waals surface area contributed by atoms with Gasteiger partial charge in [0.1, 0.15) is 5.75 Å². The lowest BCUT2D eigenvalue weighted by atomic mass is 9.88. The predicted molar refractivity (Wildman–Crippen MR) is 105 cm³/mol. The van der Waals surface area contributed by atoms with E-state index in [0.717, 1.165) is 6.42 Å². The standard InChI is InChI=1S/C23H23NO2/c1-26-21-14-8-13-20(17-21)23(25)24-16-15-22(18-9-4-2-5-10-18)19-11-6-3-7-12-19/h2-14,17,22H,15-16H2,1H3,(H,24,25). The first-order chi connectivity index (χ1) is 12.8. The second-order valence-corrected chi connectivity index (χ2v) is 6.15. The van der Waals surface area contributed by atoms with Crippen LogP contribution in [0, 0.1) is 0 Å². The van der Waals surface area contributed by atoms with Crippen LogP contribution in [0.1, 0.15) is 33.8 Å². The molecular formula is C23H23NO2. The number of hydrogen-bond donors (Lipinski definition) is 1. The molecule has 0 fully saturated rings. The Hall–Kier alpha value is -3.07. The molecule has 3 aromatic rings. The van der Waals surface area contributed by atoms with Gasteiger partial charge in [0.15, 0.2) is 0 Å². The molecule has 132 valence electrons. The summed E-state index contributed by atoms with van der Waals surface area (Å²) in [6, 6.07) is 28.0. The molecule has 0 saturated carbocycles. The largest absolute Gasteiger partial charge is 0.497 e. The van der Waals surface area contributed by atoms with Gasteiger partial charge >= 0.3 is 0 Å². The van der Waals surface area contributed by atoms with Crippen molar-refractivity contribution in [3.8, 4) is 5.75 Å². The molecule has 3 rings (SSSR count). The third-order valence-corrected chi connectivity index (χ3v) is 4.45. The number of amides is 1. The molecule has 0 aliphatic heterocycles. The summed E-state index contributed by atoms with van der Waals surface area (Å²) in [5.74, 6) is 0.857. The molecule has 26 heavy (non-hydrogen) atoms. The Bertz CT molecular complexity index is 792. The van der Waals surface area contributed by atoms with Crippen molar-refractivity contribution in [2.24, 2.45) is 0 Å². The number of rotatable bonds is 7.